The Labute approximate surface area is 128 Å². The first-order chi connectivity index (χ1) is 9.85. The molecular weight excluding hydrogens is 265 g/mol. The molecule has 2 rings (SSSR count). The van der Waals surface area contributed by atoms with E-state index < -0.39 is 0 Å². The van der Waals surface area contributed by atoms with Gasteiger partial charge in [-0.3, -0.25) is 4.90 Å². The molecule has 0 aliphatic carbocycles. The summed E-state index contributed by atoms with van der Waals surface area (Å²) >= 11 is 0. The molecule has 1 N–H and O–H groups in total. The van der Waals surface area contributed by atoms with Crippen molar-refractivity contribution in [3.63, 3.8) is 0 Å². The molecular formula is C17H28FN3. The van der Waals surface area contributed by atoms with Gasteiger partial charge in [0.25, 0.3) is 0 Å². The van der Waals surface area contributed by atoms with Crippen LogP contribution in [0.3, 0.4) is 0 Å². The largest absolute Gasteiger partial charge is 0.368 e. The van der Waals surface area contributed by atoms with Crippen molar-refractivity contribution in [3.05, 3.63) is 29.6 Å². The van der Waals surface area contributed by atoms with Crippen LogP contribution >= 0.6 is 0 Å². The summed E-state index contributed by atoms with van der Waals surface area (Å²) in [6.45, 7) is 12.5. The van der Waals surface area contributed by atoms with E-state index in [4.69, 9.17) is 0 Å². The summed E-state index contributed by atoms with van der Waals surface area (Å²) in [7, 11) is 2.17. The van der Waals surface area contributed by atoms with Gasteiger partial charge in [-0.1, -0.05) is 6.92 Å². The van der Waals surface area contributed by atoms with E-state index in [1.807, 2.05) is 6.07 Å². The average Bonchev–Trinajstić information content (AvgIpc) is 2.42. The number of likely N-dealkylation sites (N-methyl/N-ethyl adjacent to an activating group) is 1. The van der Waals surface area contributed by atoms with Crippen molar-refractivity contribution in [1.29, 1.82) is 0 Å². The van der Waals surface area contributed by atoms with E-state index in [9.17, 15) is 4.39 Å². The van der Waals surface area contributed by atoms with Gasteiger partial charge in [-0.2, -0.15) is 0 Å². The maximum atomic E-state index is 13.7. The predicted octanol–water partition coefficient (Wildman–Crippen LogP) is 3.03. The number of rotatable bonds is 4. The zero-order valence-electron chi connectivity index (χ0n) is 13.9. The van der Waals surface area contributed by atoms with Crippen LogP contribution in [0.25, 0.3) is 0 Å². The molecule has 1 atom stereocenters. The number of hydrogen-bond donors (Lipinski definition) is 1. The molecule has 0 saturated carbocycles. The minimum atomic E-state index is -0.160. The van der Waals surface area contributed by atoms with Crippen molar-refractivity contribution in [2.45, 2.75) is 39.3 Å². The van der Waals surface area contributed by atoms with Crippen molar-refractivity contribution in [2.75, 3.05) is 38.1 Å². The second kappa shape index (κ2) is 6.32. The number of halogens is 1. The fourth-order valence-electron chi connectivity index (χ4n) is 3.02. The Hall–Kier alpha value is -1.13. The average molecular weight is 293 g/mol. The van der Waals surface area contributed by atoms with Crippen LogP contribution in [0.15, 0.2) is 18.2 Å². The first kappa shape index (κ1) is 16.2. The molecule has 1 heterocycles. The molecule has 3 nitrogen and oxygen atoms in total. The highest BCUT2D eigenvalue weighted by molar-refractivity contribution is 5.56. The van der Waals surface area contributed by atoms with Crippen LogP contribution in [0.4, 0.5) is 10.1 Å². The number of benzene rings is 1. The summed E-state index contributed by atoms with van der Waals surface area (Å²) in [5, 5.41) is 3.39. The third kappa shape index (κ3) is 3.55. The first-order valence-electron chi connectivity index (χ1n) is 7.84. The number of anilines is 1. The number of nitrogens with one attached hydrogen (secondary N) is 1. The molecule has 1 fully saturated rings. The Morgan fingerprint density at radius 2 is 2.05 bits per heavy atom. The van der Waals surface area contributed by atoms with Gasteiger partial charge in [-0.15, -0.1) is 0 Å². The Kier molecular flexibility index (Phi) is 4.89. The lowest BCUT2D eigenvalue weighted by Crippen LogP contribution is -2.58. The lowest BCUT2D eigenvalue weighted by molar-refractivity contribution is 0.138. The summed E-state index contributed by atoms with van der Waals surface area (Å²) in [4.78, 5) is 4.78. The Bertz CT molecular complexity index is 487. The highest BCUT2D eigenvalue weighted by Gasteiger charge is 2.32. The lowest BCUT2D eigenvalue weighted by atomic mass is 9.97. The van der Waals surface area contributed by atoms with Crippen molar-refractivity contribution < 1.29 is 4.39 Å². The highest BCUT2D eigenvalue weighted by atomic mass is 19.1. The molecule has 1 aromatic carbocycles. The van der Waals surface area contributed by atoms with Crippen molar-refractivity contribution in [2.24, 2.45) is 0 Å². The van der Waals surface area contributed by atoms with Crippen LogP contribution in [0, 0.1) is 5.82 Å². The van der Waals surface area contributed by atoms with Gasteiger partial charge < -0.3 is 10.2 Å². The summed E-state index contributed by atoms with van der Waals surface area (Å²) in [5.41, 5.74) is 2.34. The summed E-state index contributed by atoms with van der Waals surface area (Å²) in [6.07, 6.45) is 0. The molecule has 0 radical (unpaired) electrons. The van der Waals surface area contributed by atoms with Crippen LogP contribution in [-0.4, -0.2) is 43.7 Å². The van der Waals surface area contributed by atoms with Crippen molar-refractivity contribution in [3.8, 4) is 0 Å². The van der Waals surface area contributed by atoms with Gasteiger partial charge in [0.05, 0.1) is 0 Å². The van der Waals surface area contributed by atoms with Gasteiger partial charge >= 0.3 is 0 Å². The molecule has 0 spiro atoms. The van der Waals surface area contributed by atoms with Gasteiger partial charge in [0.2, 0.25) is 0 Å². The van der Waals surface area contributed by atoms with E-state index in [0.29, 0.717) is 0 Å². The Morgan fingerprint density at radius 1 is 1.33 bits per heavy atom. The zero-order chi connectivity index (χ0) is 15.6. The quantitative estimate of drug-likeness (QED) is 0.920. The fourth-order valence-corrected chi connectivity index (χ4v) is 3.02. The van der Waals surface area contributed by atoms with E-state index in [1.165, 1.54) is 0 Å². The Balaban J connectivity index is 2.31. The third-order valence-corrected chi connectivity index (χ3v) is 4.62. The molecule has 1 unspecified atom stereocenters. The molecule has 118 valence electrons. The number of hydrogen-bond acceptors (Lipinski definition) is 3. The fraction of sp³-hybridized carbons (Fsp3) is 0.647. The molecule has 1 aliphatic heterocycles. The van der Waals surface area contributed by atoms with Gasteiger partial charge in [0.1, 0.15) is 5.82 Å². The minimum Gasteiger partial charge on any atom is -0.368 e. The molecule has 0 amide bonds. The van der Waals surface area contributed by atoms with Crippen LogP contribution < -0.4 is 10.2 Å². The van der Waals surface area contributed by atoms with Crippen LogP contribution in [0.5, 0.6) is 0 Å². The maximum Gasteiger partial charge on any atom is 0.123 e. The van der Waals surface area contributed by atoms with Gasteiger partial charge in [0, 0.05) is 36.9 Å². The molecule has 0 aromatic heterocycles. The van der Waals surface area contributed by atoms with E-state index in [0.717, 1.165) is 37.4 Å². The maximum absolute atomic E-state index is 13.7. The molecule has 1 aromatic rings. The van der Waals surface area contributed by atoms with Gasteiger partial charge in [-0.25, -0.2) is 4.39 Å². The van der Waals surface area contributed by atoms with Crippen LogP contribution in [0.2, 0.25) is 0 Å². The monoisotopic (exact) mass is 293 g/mol. The van der Waals surface area contributed by atoms with E-state index >= 15 is 0 Å². The minimum absolute atomic E-state index is 0.130. The standard InChI is InChI=1S/C17H28FN3/c1-6-19-13(2)15-11-14(18)7-8-16(15)21-10-9-20(5)17(3,4)12-21/h7-8,11,13,19H,6,9-10,12H2,1-5H3. The van der Waals surface area contributed by atoms with Gasteiger partial charge in [-0.05, 0) is 58.1 Å². The predicted molar refractivity (Wildman–Crippen MR) is 87.4 cm³/mol. The topological polar surface area (TPSA) is 18.5 Å². The van der Waals surface area contributed by atoms with E-state index in [2.05, 4.69) is 49.9 Å². The molecule has 1 saturated heterocycles. The molecule has 1 aliphatic rings. The number of piperazine rings is 1. The second-order valence-corrected chi connectivity index (χ2v) is 6.64. The highest BCUT2D eigenvalue weighted by Crippen LogP contribution is 2.31. The number of nitrogens with zero attached hydrogens (tertiary/aromatic N) is 2. The third-order valence-electron chi connectivity index (χ3n) is 4.62. The van der Waals surface area contributed by atoms with Crippen LogP contribution in [0.1, 0.15) is 39.3 Å². The molecule has 0 bridgehead atoms. The molecule has 21 heavy (non-hydrogen) atoms. The summed E-state index contributed by atoms with van der Waals surface area (Å²) < 4.78 is 13.7. The van der Waals surface area contributed by atoms with E-state index in [1.54, 1.807) is 12.1 Å². The van der Waals surface area contributed by atoms with Crippen molar-refractivity contribution in [1.82, 2.24) is 10.2 Å². The molecule has 4 heteroatoms. The van der Waals surface area contributed by atoms with Crippen molar-refractivity contribution >= 4 is 5.69 Å². The Morgan fingerprint density at radius 3 is 2.67 bits per heavy atom. The summed E-state index contributed by atoms with van der Waals surface area (Å²) in [5.74, 6) is -0.160. The van der Waals surface area contributed by atoms with Crippen LogP contribution in [-0.2, 0) is 0 Å². The van der Waals surface area contributed by atoms with E-state index in [-0.39, 0.29) is 17.4 Å². The normalized spacial score (nSPS) is 20.6. The SMILES string of the molecule is CCNC(C)c1cc(F)ccc1N1CCN(C)C(C)(C)C1. The smallest absolute Gasteiger partial charge is 0.123 e. The van der Waals surface area contributed by atoms with Gasteiger partial charge in [0.15, 0.2) is 0 Å². The second-order valence-electron chi connectivity index (χ2n) is 6.64. The zero-order valence-corrected chi connectivity index (χ0v) is 13.9. The first-order valence-corrected chi connectivity index (χ1v) is 7.84. The lowest BCUT2D eigenvalue weighted by Gasteiger charge is -2.47. The summed E-state index contributed by atoms with van der Waals surface area (Å²) in [6, 6.07) is 5.33.